The van der Waals surface area contributed by atoms with E-state index in [1.54, 1.807) is 4.90 Å². The molecule has 1 saturated carbocycles. The highest BCUT2D eigenvalue weighted by atomic mass is 19.4. The van der Waals surface area contributed by atoms with Gasteiger partial charge in [0.2, 0.25) is 17.7 Å². The van der Waals surface area contributed by atoms with Crippen molar-refractivity contribution in [3.8, 4) is 0 Å². The number of ether oxygens (including phenoxy) is 1. The fourth-order valence-electron chi connectivity index (χ4n) is 7.12. The van der Waals surface area contributed by atoms with Gasteiger partial charge < -0.3 is 15.5 Å². The zero-order valence-corrected chi connectivity index (χ0v) is 28.5. The first-order chi connectivity index (χ1) is 19.7. The molecule has 22 heteroatoms. The van der Waals surface area contributed by atoms with Crippen LogP contribution >= 0.6 is 0 Å². The largest absolute Gasteiger partial charge is 0.522 e. The molecule has 44 heavy (non-hydrogen) atoms. The predicted molar refractivity (Wildman–Crippen MR) is 194 cm³/mol. The number of likely N-dealkylation sites (tertiary alicyclic amines) is 1. The molecule has 0 aromatic rings. The van der Waals surface area contributed by atoms with Crippen molar-refractivity contribution in [3.63, 3.8) is 0 Å². The molecule has 1 spiro atoms. The van der Waals surface area contributed by atoms with Gasteiger partial charge in [0, 0.05) is 19.0 Å². The average molecular weight is 606 g/mol. The van der Waals surface area contributed by atoms with Gasteiger partial charge in [-0.15, -0.1) is 28.7 Å². The lowest BCUT2D eigenvalue weighted by atomic mass is 9.05. The molecule has 0 aromatic heterocycles. The molecular weight excluding hydrogens is 562 g/mol. The molecule has 0 bridgehead atoms. The van der Waals surface area contributed by atoms with E-state index in [0.717, 1.165) is 12.8 Å². The maximum Gasteiger partial charge on any atom is 0.522 e. The Morgan fingerprint density at radius 2 is 1.52 bits per heavy atom. The topological polar surface area (TPSA) is 105 Å². The van der Waals surface area contributed by atoms with Gasteiger partial charge >= 0.3 is 6.36 Å². The number of hydrogen-bond acceptors (Lipinski definition) is 5. The highest BCUT2D eigenvalue weighted by Gasteiger charge is 2.62. The summed E-state index contributed by atoms with van der Waals surface area (Å²) in [5, 5.41) is 3.24. The quantitative estimate of drug-likeness (QED) is 0.215. The van der Waals surface area contributed by atoms with E-state index in [-0.39, 0.29) is 39.2 Å². The van der Waals surface area contributed by atoms with Crippen molar-refractivity contribution in [2.45, 2.75) is 76.5 Å². The van der Waals surface area contributed by atoms with Crippen LogP contribution in [0.5, 0.6) is 0 Å². The first kappa shape index (κ1) is 37.0. The van der Waals surface area contributed by atoms with Gasteiger partial charge in [-0.05, 0) is 42.7 Å². The van der Waals surface area contributed by atoms with E-state index in [1.165, 1.54) is 0 Å². The number of carbonyl (C=O) groups excluding carboxylic acids is 4. The van der Waals surface area contributed by atoms with Crippen molar-refractivity contribution in [1.29, 1.82) is 0 Å². The van der Waals surface area contributed by atoms with Gasteiger partial charge in [0.05, 0.1) is 76.7 Å². The van der Waals surface area contributed by atoms with Gasteiger partial charge in [0.1, 0.15) is 28.3 Å². The molecule has 0 unspecified atom stereocenters. The van der Waals surface area contributed by atoms with Crippen molar-refractivity contribution >= 4 is 110 Å². The number of halogens is 3. The lowest BCUT2D eigenvalue weighted by molar-refractivity contribution is -0.321. The summed E-state index contributed by atoms with van der Waals surface area (Å²) in [6, 6.07) is -2.24. The normalized spacial score (nSPS) is 23.2. The zero-order chi connectivity index (χ0) is 33.9. The number of nitrogens with zero attached hydrogens (tertiary/aromatic N) is 1. The van der Waals surface area contributed by atoms with Gasteiger partial charge in [-0.2, -0.15) is 0 Å². The summed E-state index contributed by atoms with van der Waals surface area (Å²) >= 11 is 0. The number of amides is 3. The molecule has 3 fully saturated rings. The number of hydrogen-bond donors (Lipinski definition) is 2. The maximum atomic E-state index is 14.6. The average Bonchev–Trinajstić information content (AvgIpc) is 3.34. The maximum absolute atomic E-state index is 14.6. The number of nitrogens with one attached hydrogen (secondary N) is 2. The molecule has 3 amide bonds. The van der Waals surface area contributed by atoms with Gasteiger partial charge in [-0.1, -0.05) is 5.21 Å². The number of ketones is 1. The minimum Gasteiger partial charge on any atom is -0.356 e. The number of carbonyl (C=O) groups is 4. The highest BCUT2D eigenvalue weighted by molar-refractivity contribution is 6.74. The molecule has 3 atom stereocenters. The second-order valence-corrected chi connectivity index (χ2v) is 16.7. The number of Topliss-reactive ketones (excluding diaryl/α,β-unsaturated/α-hetero) is 1. The molecule has 2 N–H and O–H groups in total. The van der Waals surface area contributed by atoms with E-state index in [2.05, 4.69) is 86.0 Å². The van der Waals surface area contributed by atoms with Gasteiger partial charge in [-0.3, -0.25) is 23.9 Å². The summed E-state index contributed by atoms with van der Waals surface area (Å²) < 4.78 is 42.0. The fraction of sp³-hybridized carbons (Fsp3) is 0.818. The Kier molecular flexibility index (Phi) is 10.1. The summed E-state index contributed by atoms with van der Waals surface area (Å²) in [5.41, 5.74) is -0.178. The van der Waals surface area contributed by atoms with E-state index in [9.17, 15) is 32.3 Å². The van der Waals surface area contributed by atoms with Crippen LogP contribution in [0, 0.1) is 11.3 Å². The molecule has 2 saturated heterocycles. The minimum absolute atomic E-state index is 0.0748. The van der Waals surface area contributed by atoms with Crippen LogP contribution in [0.2, 0.25) is 26.0 Å². The Morgan fingerprint density at radius 1 is 0.955 bits per heavy atom. The minimum atomic E-state index is -5.02. The first-order valence-electron chi connectivity index (χ1n) is 15.8. The van der Waals surface area contributed by atoms with Crippen molar-refractivity contribution in [2.24, 2.45) is 11.3 Å². The standard InChI is InChI=1S/C22H43B11F3N3O5/c23-17(24,18(25,26)19(27,28)20(29,30)21(31,32)33)15(43)39-8-16(2-3-16)6-11(39)14(42)38-10(5-9-1-4-37-13(9)41)12(40)7-44-22(34,35)36/h9-11H,1-8,23-33H2,(H,37,41)(H,38,42)/t9-,10-,11-/m0/s1. The smallest absolute Gasteiger partial charge is 0.356 e. The second kappa shape index (κ2) is 12.0. The van der Waals surface area contributed by atoms with Crippen molar-refractivity contribution < 1.29 is 37.1 Å². The third-order valence-corrected chi connectivity index (χ3v) is 12.9. The SMILES string of the molecule is BC(B)(B)C(B)(B)C(B)(B)C(B)(B)C(B)(B)C(=O)N1CC2(CC2)C[C@H]1C(=O)N[C@@H](C[C@@H]1CCNC1=O)C(=O)COC(F)(F)F. The second-order valence-electron chi connectivity index (χ2n) is 16.7. The lowest BCUT2D eigenvalue weighted by Gasteiger charge is -2.64. The summed E-state index contributed by atoms with van der Waals surface area (Å²) in [4.78, 5) is 55.3. The van der Waals surface area contributed by atoms with E-state index in [0.29, 0.717) is 25.9 Å². The van der Waals surface area contributed by atoms with E-state index >= 15 is 0 Å². The summed E-state index contributed by atoms with van der Waals surface area (Å²) in [6.45, 7) is -0.481. The van der Waals surface area contributed by atoms with Crippen LogP contribution < -0.4 is 10.6 Å². The van der Waals surface area contributed by atoms with Crippen molar-refractivity contribution in [2.75, 3.05) is 19.7 Å². The molecule has 2 aliphatic heterocycles. The Hall–Kier alpha value is -1.46. The van der Waals surface area contributed by atoms with E-state index in [1.807, 2.05) is 15.7 Å². The van der Waals surface area contributed by atoms with Crippen molar-refractivity contribution in [1.82, 2.24) is 15.5 Å². The first-order valence-corrected chi connectivity index (χ1v) is 15.8. The molecule has 0 aromatic carbocycles. The summed E-state index contributed by atoms with van der Waals surface area (Å²) in [6.07, 6.45) is -2.59. The van der Waals surface area contributed by atoms with E-state index < -0.39 is 53.1 Å². The van der Waals surface area contributed by atoms with Gasteiger partial charge in [0.15, 0.2) is 5.78 Å². The van der Waals surface area contributed by atoms with Crippen LogP contribution in [-0.4, -0.2) is 153 Å². The molecule has 2 heterocycles. The Balaban J connectivity index is 1.90. The molecule has 3 rings (SSSR count). The predicted octanol–water partition coefficient (Wildman–Crippen LogP) is -9.01. The Bertz CT molecular complexity index is 1180. The third kappa shape index (κ3) is 6.95. The molecule has 1 aliphatic carbocycles. The molecule has 3 aliphatic rings. The summed E-state index contributed by atoms with van der Waals surface area (Å²) in [5.74, 6) is -2.66. The highest BCUT2D eigenvalue weighted by Crippen LogP contribution is 2.69. The summed E-state index contributed by atoms with van der Waals surface area (Å²) in [7, 11) is 23.5. The van der Waals surface area contributed by atoms with Crippen LogP contribution in [0.3, 0.4) is 0 Å². The number of rotatable bonds is 12. The monoisotopic (exact) mass is 607 g/mol. The van der Waals surface area contributed by atoms with Crippen molar-refractivity contribution in [3.05, 3.63) is 0 Å². The van der Waals surface area contributed by atoms with Gasteiger partial charge in [-0.25, -0.2) is 0 Å². The zero-order valence-electron chi connectivity index (χ0n) is 28.5. The van der Waals surface area contributed by atoms with Crippen LogP contribution in [0.15, 0.2) is 0 Å². The lowest BCUT2D eigenvalue weighted by Crippen LogP contribution is -2.59. The van der Waals surface area contributed by atoms with Crippen LogP contribution in [0.25, 0.3) is 0 Å². The molecule has 0 radical (unpaired) electrons. The Morgan fingerprint density at radius 3 is 1.98 bits per heavy atom. The fourth-order valence-corrected chi connectivity index (χ4v) is 7.12. The van der Waals surface area contributed by atoms with Crippen LogP contribution in [-0.2, 0) is 23.9 Å². The van der Waals surface area contributed by atoms with Crippen LogP contribution in [0.4, 0.5) is 13.2 Å². The van der Waals surface area contributed by atoms with E-state index in [4.69, 9.17) is 0 Å². The number of alkyl halides is 3. The van der Waals surface area contributed by atoms with Gasteiger partial charge in [0.25, 0.3) is 0 Å². The molecule has 8 nitrogen and oxygen atoms in total. The molecule has 230 valence electrons. The molecular formula is C22H43B11F3N3O5. The third-order valence-electron chi connectivity index (χ3n) is 12.9. The van der Waals surface area contributed by atoms with Crippen LogP contribution in [0.1, 0.15) is 32.1 Å². The Labute approximate surface area is 269 Å².